The van der Waals surface area contributed by atoms with E-state index in [-0.39, 0.29) is 17.7 Å². The lowest BCUT2D eigenvalue weighted by molar-refractivity contribution is -0.116. The maximum absolute atomic E-state index is 13.2. The molecule has 0 atom stereocenters. The minimum Gasteiger partial charge on any atom is -0.496 e. The van der Waals surface area contributed by atoms with Crippen molar-refractivity contribution in [2.24, 2.45) is 0 Å². The molecule has 0 fully saturated rings. The molecular formula is C24H25N5O2S. The zero-order chi connectivity index (χ0) is 22.5. The Kier molecular flexibility index (Phi) is 6.61. The molecule has 0 radical (unpaired) electrons. The number of nitrogens with zero attached hydrogens (tertiary/aromatic N) is 5. The minimum atomic E-state index is 0.0112. The van der Waals surface area contributed by atoms with E-state index in [1.54, 1.807) is 7.11 Å². The molecule has 0 saturated heterocycles. The molecule has 2 aromatic heterocycles. The van der Waals surface area contributed by atoms with Crippen LogP contribution >= 0.6 is 11.8 Å². The monoisotopic (exact) mass is 447 g/mol. The number of benzene rings is 2. The molecule has 2 heterocycles. The molecule has 0 saturated carbocycles. The normalized spacial score (nSPS) is 11.0. The third-order valence-electron chi connectivity index (χ3n) is 4.92. The van der Waals surface area contributed by atoms with Crippen molar-refractivity contribution in [1.82, 2.24) is 19.5 Å². The molecule has 2 aromatic carbocycles. The van der Waals surface area contributed by atoms with Crippen LogP contribution in [0.3, 0.4) is 0 Å². The van der Waals surface area contributed by atoms with Crippen LogP contribution in [-0.4, -0.2) is 44.4 Å². The van der Waals surface area contributed by atoms with Gasteiger partial charge in [-0.05, 0) is 50.2 Å². The molecule has 0 spiro atoms. The lowest BCUT2D eigenvalue weighted by Gasteiger charge is -2.26. The van der Waals surface area contributed by atoms with E-state index in [4.69, 9.17) is 4.74 Å². The molecule has 4 aromatic rings. The molecule has 0 aliphatic rings. The summed E-state index contributed by atoms with van der Waals surface area (Å²) in [6.07, 6.45) is 3.83. The van der Waals surface area contributed by atoms with E-state index >= 15 is 0 Å². The third-order valence-corrected chi connectivity index (χ3v) is 5.83. The largest absolute Gasteiger partial charge is 0.496 e. The van der Waals surface area contributed by atoms with Crippen molar-refractivity contribution in [3.05, 3.63) is 79.1 Å². The molecule has 0 bridgehead atoms. The maximum atomic E-state index is 13.2. The van der Waals surface area contributed by atoms with Crippen LogP contribution in [0.4, 0.5) is 5.69 Å². The zero-order valence-electron chi connectivity index (χ0n) is 18.3. The van der Waals surface area contributed by atoms with Crippen molar-refractivity contribution < 1.29 is 9.53 Å². The van der Waals surface area contributed by atoms with E-state index in [1.165, 1.54) is 11.8 Å². The molecule has 7 nitrogen and oxygen atoms in total. The summed E-state index contributed by atoms with van der Waals surface area (Å²) in [5.41, 5.74) is 1.71. The Morgan fingerprint density at radius 2 is 1.69 bits per heavy atom. The molecule has 0 aliphatic carbocycles. The first-order chi connectivity index (χ1) is 15.6. The smallest absolute Gasteiger partial charge is 0.237 e. The van der Waals surface area contributed by atoms with Gasteiger partial charge in [0.1, 0.15) is 5.75 Å². The summed E-state index contributed by atoms with van der Waals surface area (Å²) in [7, 11) is 1.63. The Labute approximate surface area is 191 Å². The Morgan fingerprint density at radius 1 is 1.00 bits per heavy atom. The van der Waals surface area contributed by atoms with Gasteiger partial charge in [0.05, 0.1) is 18.4 Å². The summed E-state index contributed by atoms with van der Waals surface area (Å²) in [6, 6.07) is 21.3. The SMILES string of the molecule is COc1ccccc1-c1nnc(SCC(=O)N(c2ccccc2)C(C)C)n1-n1cccc1. The number of thioether (sulfide) groups is 1. The number of rotatable bonds is 8. The van der Waals surface area contributed by atoms with Crippen molar-refractivity contribution in [3.63, 3.8) is 0 Å². The van der Waals surface area contributed by atoms with Gasteiger partial charge in [-0.2, -0.15) is 0 Å². The minimum absolute atomic E-state index is 0.0112. The number of methoxy groups -OCH3 is 1. The number of hydrogen-bond donors (Lipinski definition) is 0. The standard InChI is InChI=1S/C24H25N5O2S/c1-18(2)28(19-11-5-4-6-12-19)22(30)17-32-24-26-25-23(29(24)27-15-9-10-16-27)20-13-7-8-14-21(20)31-3/h4-16,18H,17H2,1-3H3. The first kappa shape index (κ1) is 21.7. The number of carbonyl (C=O) groups is 1. The number of para-hydroxylation sites is 2. The van der Waals surface area contributed by atoms with Crippen molar-refractivity contribution in [2.75, 3.05) is 17.8 Å². The summed E-state index contributed by atoms with van der Waals surface area (Å²) < 4.78 is 9.31. The van der Waals surface area contributed by atoms with Crippen molar-refractivity contribution in [1.29, 1.82) is 0 Å². The van der Waals surface area contributed by atoms with Crippen LogP contribution in [-0.2, 0) is 4.79 Å². The summed E-state index contributed by atoms with van der Waals surface area (Å²) in [4.78, 5) is 15.0. The fraction of sp³-hybridized carbons (Fsp3) is 0.208. The molecular weight excluding hydrogens is 422 g/mol. The predicted octanol–water partition coefficient (Wildman–Crippen LogP) is 4.60. The highest BCUT2D eigenvalue weighted by molar-refractivity contribution is 7.99. The zero-order valence-corrected chi connectivity index (χ0v) is 19.1. The number of aromatic nitrogens is 4. The number of ether oxygens (including phenoxy) is 1. The van der Waals surface area contributed by atoms with Crippen molar-refractivity contribution >= 4 is 23.4 Å². The highest BCUT2D eigenvalue weighted by Crippen LogP contribution is 2.31. The first-order valence-corrected chi connectivity index (χ1v) is 11.3. The van der Waals surface area contributed by atoms with Gasteiger partial charge in [0, 0.05) is 24.1 Å². The van der Waals surface area contributed by atoms with Crippen LogP contribution in [0.2, 0.25) is 0 Å². The molecule has 0 N–H and O–H groups in total. The van der Waals surface area contributed by atoms with E-state index in [9.17, 15) is 4.79 Å². The average Bonchev–Trinajstić information content (AvgIpc) is 3.48. The van der Waals surface area contributed by atoms with Gasteiger partial charge < -0.3 is 9.64 Å². The van der Waals surface area contributed by atoms with E-state index in [2.05, 4.69) is 10.2 Å². The van der Waals surface area contributed by atoms with Gasteiger partial charge in [0.25, 0.3) is 0 Å². The predicted molar refractivity (Wildman–Crippen MR) is 127 cm³/mol. The summed E-state index contributed by atoms with van der Waals surface area (Å²) in [5, 5.41) is 9.45. The van der Waals surface area contributed by atoms with Crippen LogP contribution in [0.5, 0.6) is 5.75 Å². The second-order valence-electron chi connectivity index (χ2n) is 7.36. The Balaban J connectivity index is 1.65. The van der Waals surface area contributed by atoms with Gasteiger partial charge in [-0.1, -0.05) is 42.1 Å². The first-order valence-electron chi connectivity index (χ1n) is 10.3. The highest BCUT2D eigenvalue weighted by atomic mass is 32.2. The second-order valence-corrected chi connectivity index (χ2v) is 8.31. The van der Waals surface area contributed by atoms with Gasteiger partial charge in [-0.15, -0.1) is 10.2 Å². The van der Waals surface area contributed by atoms with E-state index < -0.39 is 0 Å². The van der Waals surface area contributed by atoms with Crippen molar-refractivity contribution in [2.45, 2.75) is 25.0 Å². The van der Waals surface area contributed by atoms with Crippen molar-refractivity contribution in [3.8, 4) is 17.1 Å². The van der Waals surface area contributed by atoms with E-state index in [0.29, 0.717) is 16.7 Å². The fourth-order valence-corrected chi connectivity index (χ4v) is 4.33. The summed E-state index contributed by atoms with van der Waals surface area (Å²) in [5.74, 6) is 1.59. The van der Waals surface area contributed by atoms with Crippen LogP contribution in [0, 0.1) is 0 Å². The third kappa shape index (κ3) is 4.40. The number of hydrogen-bond acceptors (Lipinski definition) is 5. The van der Waals surface area contributed by atoms with Crippen LogP contribution in [0.25, 0.3) is 11.4 Å². The van der Waals surface area contributed by atoms with Crippen LogP contribution in [0.1, 0.15) is 13.8 Å². The quantitative estimate of drug-likeness (QED) is 0.369. The number of amides is 1. The van der Waals surface area contributed by atoms with Gasteiger partial charge in [0.2, 0.25) is 11.1 Å². The summed E-state index contributed by atoms with van der Waals surface area (Å²) in [6.45, 7) is 4.02. The number of carbonyl (C=O) groups excluding carboxylic acids is 1. The van der Waals surface area contributed by atoms with Crippen LogP contribution < -0.4 is 9.64 Å². The molecule has 0 unspecified atom stereocenters. The molecule has 32 heavy (non-hydrogen) atoms. The lowest BCUT2D eigenvalue weighted by atomic mass is 10.2. The number of anilines is 1. The lowest BCUT2D eigenvalue weighted by Crippen LogP contribution is -2.38. The fourth-order valence-electron chi connectivity index (χ4n) is 3.53. The van der Waals surface area contributed by atoms with E-state index in [0.717, 1.165) is 11.3 Å². The van der Waals surface area contributed by atoms with Gasteiger partial charge >= 0.3 is 0 Å². The molecule has 1 amide bonds. The Morgan fingerprint density at radius 3 is 2.38 bits per heavy atom. The van der Waals surface area contributed by atoms with Gasteiger partial charge in [0.15, 0.2) is 5.82 Å². The van der Waals surface area contributed by atoms with Crippen LogP contribution in [0.15, 0.2) is 84.3 Å². The topological polar surface area (TPSA) is 65.2 Å². The molecule has 8 heteroatoms. The summed E-state index contributed by atoms with van der Waals surface area (Å²) >= 11 is 1.36. The molecule has 164 valence electrons. The Hall–Kier alpha value is -3.52. The molecule has 4 rings (SSSR count). The Bertz CT molecular complexity index is 1170. The van der Waals surface area contributed by atoms with E-state index in [1.807, 2.05) is 107 Å². The molecule has 0 aliphatic heterocycles. The highest BCUT2D eigenvalue weighted by Gasteiger charge is 2.23. The van der Waals surface area contributed by atoms with Gasteiger partial charge in [-0.3, -0.25) is 9.47 Å². The average molecular weight is 448 g/mol. The maximum Gasteiger partial charge on any atom is 0.237 e. The van der Waals surface area contributed by atoms with Gasteiger partial charge in [-0.25, -0.2) is 4.68 Å². The second kappa shape index (κ2) is 9.74.